The predicted molar refractivity (Wildman–Crippen MR) is 121 cm³/mol. The molecule has 1 N–H and O–H groups in total. The minimum absolute atomic E-state index is 0.118. The van der Waals surface area contributed by atoms with Crippen molar-refractivity contribution in [3.63, 3.8) is 0 Å². The predicted octanol–water partition coefficient (Wildman–Crippen LogP) is 3.00. The fourth-order valence-corrected chi connectivity index (χ4v) is 3.21. The van der Waals surface area contributed by atoms with Crippen LogP contribution in [0.2, 0.25) is 0 Å². The molecule has 0 spiro atoms. The van der Waals surface area contributed by atoms with Crippen molar-refractivity contribution < 1.29 is 9.53 Å². The van der Waals surface area contributed by atoms with Crippen LogP contribution in [0.1, 0.15) is 31.9 Å². The van der Waals surface area contributed by atoms with Crippen LogP contribution in [0.25, 0.3) is 0 Å². The number of anilines is 1. The Morgan fingerprint density at radius 3 is 2.39 bits per heavy atom. The van der Waals surface area contributed by atoms with Crippen LogP contribution in [-0.2, 0) is 23.3 Å². The molecule has 0 aliphatic rings. The second-order valence-corrected chi connectivity index (χ2v) is 8.35. The largest absolute Gasteiger partial charge is 0.495 e. The zero-order valence-corrected chi connectivity index (χ0v) is 18.2. The van der Waals surface area contributed by atoms with Crippen LogP contribution >= 0.6 is 0 Å². The highest BCUT2D eigenvalue weighted by Gasteiger charge is 2.18. The lowest BCUT2D eigenvalue weighted by molar-refractivity contribution is -0.116. The van der Waals surface area contributed by atoms with Crippen molar-refractivity contribution in [1.82, 2.24) is 9.13 Å². The Morgan fingerprint density at radius 2 is 1.74 bits per heavy atom. The van der Waals surface area contributed by atoms with Gasteiger partial charge in [0.15, 0.2) is 0 Å². The maximum absolute atomic E-state index is 12.8. The van der Waals surface area contributed by atoms with Crippen LogP contribution in [0.5, 0.6) is 5.75 Å². The van der Waals surface area contributed by atoms with Gasteiger partial charge in [0.1, 0.15) is 12.3 Å². The molecule has 0 atom stereocenters. The van der Waals surface area contributed by atoms with Crippen LogP contribution in [0, 0.1) is 0 Å². The first-order valence-electron chi connectivity index (χ1n) is 10.0. The minimum atomic E-state index is -0.540. The van der Waals surface area contributed by atoms with Gasteiger partial charge in [-0.25, -0.2) is 4.79 Å². The number of benzene rings is 2. The van der Waals surface area contributed by atoms with Crippen LogP contribution < -0.4 is 21.3 Å². The maximum Gasteiger partial charge on any atom is 0.331 e. The van der Waals surface area contributed by atoms with Crippen LogP contribution in [0.15, 0.2) is 70.4 Å². The summed E-state index contributed by atoms with van der Waals surface area (Å²) in [5.74, 6) is 0.0178. The van der Waals surface area contributed by atoms with Gasteiger partial charge in [-0.3, -0.25) is 18.7 Å². The molecule has 7 heteroatoms. The molecule has 7 nitrogen and oxygen atoms in total. The fraction of sp³-hybridized carbons (Fsp3) is 0.292. The molecule has 1 aromatic heterocycles. The molecule has 162 valence electrons. The number of rotatable bonds is 6. The average molecular weight is 421 g/mol. The molecule has 0 saturated heterocycles. The second kappa shape index (κ2) is 9.04. The number of nitrogens with zero attached hydrogens (tertiary/aromatic N) is 2. The SMILES string of the molecule is COc1ccc(C(C)(C)C)cc1NC(=O)Cn1c(=O)ccn(Cc2ccccc2)c1=O. The Hall–Kier alpha value is -3.61. The number of hydrogen-bond donors (Lipinski definition) is 1. The third-order valence-corrected chi connectivity index (χ3v) is 4.98. The lowest BCUT2D eigenvalue weighted by Crippen LogP contribution is -2.41. The normalized spacial score (nSPS) is 11.2. The molecule has 3 rings (SSSR count). The number of carbonyl (C=O) groups excluding carboxylic acids is 1. The first-order chi connectivity index (χ1) is 14.7. The van der Waals surface area contributed by atoms with Crippen LogP contribution in [-0.4, -0.2) is 22.2 Å². The lowest BCUT2D eigenvalue weighted by atomic mass is 9.87. The third-order valence-electron chi connectivity index (χ3n) is 4.98. The van der Waals surface area contributed by atoms with Gasteiger partial charge in [-0.05, 0) is 28.7 Å². The smallest absolute Gasteiger partial charge is 0.331 e. The molecule has 0 aliphatic heterocycles. The van der Waals surface area contributed by atoms with Crippen molar-refractivity contribution in [2.45, 2.75) is 39.3 Å². The van der Waals surface area contributed by atoms with Crippen LogP contribution in [0.4, 0.5) is 5.69 Å². The number of ether oxygens (including phenoxy) is 1. The van der Waals surface area contributed by atoms with Gasteiger partial charge in [0.25, 0.3) is 5.56 Å². The van der Waals surface area contributed by atoms with Gasteiger partial charge in [-0.1, -0.05) is 57.2 Å². The highest BCUT2D eigenvalue weighted by molar-refractivity contribution is 5.92. The van der Waals surface area contributed by atoms with Gasteiger partial charge >= 0.3 is 5.69 Å². The standard InChI is InChI=1S/C24H27N3O4/c1-24(2,3)18-10-11-20(31-4)19(14-18)25-21(28)16-27-22(29)12-13-26(23(27)30)15-17-8-6-5-7-9-17/h5-14H,15-16H2,1-4H3,(H,25,28). The van der Waals surface area contributed by atoms with Crippen molar-refractivity contribution in [1.29, 1.82) is 0 Å². The summed E-state index contributed by atoms with van der Waals surface area (Å²) >= 11 is 0. The van der Waals surface area contributed by atoms with Crippen molar-refractivity contribution in [2.75, 3.05) is 12.4 Å². The molecule has 0 aliphatic carbocycles. The quantitative estimate of drug-likeness (QED) is 0.663. The van der Waals surface area contributed by atoms with Gasteiger partial charge in [-0.15, -0.1) is 0 Å². The molecular weight excluding hydrogens is 394 g/mol. The minimum Gasteiger partial charge on any atom is -0.495 e. The van der Waals surface area contributed by atoms with Crippen LogP contribution in [0.3, 0.4) is 0 Å². The topological polar surface area (TPSA) is 82.3 Å². The van der Waals surface area contributed by atoms with Gasteiger partial charge in [0.2, 0.25) is 5.91 Å². The number of hydrogen-bond acceptors (Lipinski definition) is 4. The van der Waals surface area contributed by atoms with Crippen molar-refractivity contribution in [3.05, 3.63) is 92.8 Å². The van der Waals surface area contributed by atoms with Gasteiger partial charge < -0.3 is 10.1 Å². The van der Waals surface area contributed by atoms with E-state index in [4.69, 9.17) is 4.74 Å². The summed E-state index contributed by atoms with van der Waals surface area (Å²) in [6.45, 7) is 6.12. The summed E-state index contributed by atoms with van der Waals surface area (Å²) in [6.07, 6.45) is 1.45. The first-order valence-corrected chi connectivity index (χ1v) is 10.0. The number of amides is 1. The first kappa shape index (κ1) is 22.1. The number of aromatic nitrogens is 2. The van der Waals surface area contributed by atoms with Gasteiger partial charge in [-0.2, -0.15) is 0 Å². The van der Waals surface area contributed by atoms with E-state index in [1.807, 2.05) is 42.5 Å². The fourth-order valence-electron chi connectivity index (χ4n) is 3.21. The molecule has 0 fully saturated rings. The number of methoxy groups -OCH3 is 1. The molecule has 3 aromatic rings. The van der Waals surface area contributed by atoms with Crippen molar-refractivity contribution in [2.24, 2.45) is 0 Å². The Bertz CT molecular complexity index is 1190. The lowest BCUT2D eigenvalue weighted by Gasteiger charge is -2.21. The molecule has 1 heterocycles. The molecule has 2 aromatic carbocycles. The van der Waals surface area contributed by atoms with Gasteiger partial charge in [0, 0.05) is 12.3 Å². The zero-order valence-electron chi connectivity index (χ0n) is 18.2. The Morgan fingerprint density at radius 1 is 1.03 bits per heavy atom. The van der Waals surface area contributed by atoms with E-state index in [9.17, 15) is 14.4 Å². The van der Waals surface area contributed by atoms with E-state index in [1.165, 1.54) is 23.9 Å². The number of nitrogens with one attached hydrogen (secondary N) is 1. The zero-order chi connectivity index (χ0) is 22.6. The Labute approximate surface area is 180 Å². The van der Waals surface area contributed by atoms with E-state index < -0.39 is 23.7 Å². The maximum atomic E-state index is 12.8. The van der Waals surface area contributed by atoms with E-state index in [0.717, 1.165) is 15.7 Å². The van der Waals surface area contributed by atoms with Crippen molar-refractivity contribution >= 4 is 11.6 Å². The molecule has 0 unspecified atom stereocenters. The van der Waals surface area contributed by atoms with E-state index in [1.54, 1.807) is 6.07 Å². The summed E-state index contributed by atoms with van der Waals surface area (Å²) in [4.78, 5) is 37.8. The monoisotopic (exact) mass is 421 g/mol. The Balaban J connectivity index is 1.85. The summed E-state index contributed by atoms with van der Waals surface area (Å²) in [5, 5.41) is 2.77. The van der Waals surface area contributed by atoms with Crippen molar-refractivity contribution in [3.8, 4) is 5.75 Å². The summed E-state index contributed by atoms with van der Waals surface area (Å²) in [5.41, 5.74) is 1.25. The third kappa shape index (κ3) is 5.31. The summed E-state index contributed by atoms with van der Waals surface area (Å²) < 4.78 is 7.68. The molecule has 31 heavy (non-hydrogen) atoms. The second-order valence-electron chi connectivity index (χ2n) is 8.35. The molecule has 0 saturated carbocycles. The molecular formula is C24H27N3O4. The Kier molecular flexibility index (Phi) is 6.44. The van der Waals surface area contributed by atoms with E-state index >= 15 is 0 Å². The highest BCUT2D eigenvalue weighted by atomic mass is 16.5. The highest BCUT2D eigenvalue weighted by Crippen LogP contribution is 2.31. The van der Waals surface area contributed by atoms with E-state index in [2.05, 4.69) is 26.1 Å². The molecule has 1 amide bonds. The molecule has 0 bridgehead atoms. The van der Waals surface area contributed by atoms with E-state index in [0.29, 0.717) is 18.0 Å². The summed E-state index contributed by atoms with van der Waals surface area (Å²) in [7, 11) is 1.52. The van der Waals surface area contributed by atoms with E-state index in [-0.39, 0.29) is 5.41 Å². The average Bonchev–Trinajstić information content (AvgIpc) is 2.73. The summed E-state index contributed by atoms with van der Waals surface area (Å²) in [6, 6.07) is 16.3. The molecule has 0 radical (unpaired) electrons. The van der Waals surface area contributed by atoms with Gasteiger partial charge in [0.05, 0.1) is 19.3 Å². The number of carbonyl (C=O) groups is 1.